The largest absolute Gasteiger partial charge is 0.360 e. The summed E-state index contributed by atoms with van der Waals surface area (Å²) in [6, 6.07) is 26.4. The van der Waals surface area contributed by atoms with Crippen molar-refractivity contribution in [2.45, 2.75) is 6.92 Å². The number of pyridine rings is 1. The van der Waals surface area contributed by atoms with Crippen LogP contribution in [0.1, 0.15) is 11.3 Å². The Morgan fingerprint density at radius 3 is 2.44 bits per heavy atom. The Bertz CT molecular complexity index is 1740. The summed E-state index contributed by atoms with van der Waals surface area (Å²) >= 11 is 0. The molecule has 6 heteroatoms. The first-order chi connectivity index (χ1) is 16.7. The number of aryl methyl sites for hydroxylation is 1. The minimum atomic E-state index is -0.400. The van der Waals surface area contributed by atoms with Crippen molar-refractivity contribution in [3.8, 4) is 34.1 Å². The van der Waals surface area contributed by atoms with Crippen LogP contribution in [-0.4, -0.2) is 19.7 Å². The predicted molar refractivity (Wildman–Crippen MR) is 131 cm³/mol. The van der Waals surface area contributed by atoms with Crippen molar-refractivity contribution < 1.29 is 4.39 Å². The van der Waals surface area contributed by atoms with Crippen molar-refractivity contribution >= 4 is 21.9 Å². The molecule has 0 aliphatic rings. The number of rotatable bonds is 3. The van der Waals surface area contributed by atoms with E-state index in [1.807, 2.05) is 67.7 Å². The van der Waals surface area contributed by atoms with Crippen LogP contribution in [0.2, 0.25) is 0 Å². The standard InChI is InChI=1S/C28H18FN5/c1-17-25-26(20-12-5-7-13-23(20)29)21(15-30)27(22-16-31-24-14-8-6-11-19(22)24)32-28(25)34(33-17)18-9-3-2-4-10-18/h2-14,16,31H,1H3. The van der Waals surface area contributed by atoms with Crippen LogP contribution in [0.15, 0.2) is 85.1 Å². The molecule has 0 atom stereocenters. The summed E-state index contributed by atoms with van der Waals surface area (Å²) < 4.78 is 16.9. The fourth-order valence-corrected chi connectivity index (χ4v) is 4.57. The Morgan fingerprint density at radius 1 is 0.912 bits per heavy atom. The van der Waals surface area contributed by atoms with Gasteiger partial charge in [0.2, 0.25) is 0 Å². The maximum Gasteiger partial charge on any atom is 0.164 e. The minimum Gasteiger partial charge on any atom is -0.360 e. The minimum absolute atomic E-state index is 0.318. The van der Waals surface area contributed by atoms with E-state index in [0.29, 0.717) is 39.1 Å². The molecule has 3 heterocycles. The van der Waals surface area contributed by atoms with Crippen LogP contribution in [0.3, 0.4) is 0 Å². The average Bonchev–Trinajstić information content (AvgIpc) is 3.45. The molecule has 6 rings (SSSR count). The van der Waals surface area contributed by atoms with Gasteiger partial charge in [-0.15, -0.1) is 0 Å². The van der Waals surface area contributed by atoms with Crippen LogP contribution in [0, 0.1) is 24.1 Å². The Labute approximate surface area is 194 Å². The smallest absolute Gasteiger partial charge is 0.164 e. The van der Waals surface area contributed by atoms with Crippen molar-refractivity contribution in [3.05, 3.63) is 102 Å². The highest BCUT2D eigenvalue weighted by Gasteiger charge is 2.25. The highest BCUT2D eigenvalue weighted by atomic mass is 19.1. The first-order valence-electron chi connectivity index (χ1n) is 10.9. The topological polar surface area (TPSA) is 70.3 Å². The van der Waals surface area contributed by atoms with Crippen LogP contribution in [0.4, 0.5) is 4.39 Å². The molecule has 0 radical (unpaired) electrons. The Balaban J connectivity index is 1.81. The number of fused-ring (bicyclic) bond motifs is 2. The number of hydrogen-bond acceptors (Lipinski definition) is 3. The van der Waals surface area contributed by atoms with Crippen molar-refractivity contribution in [3.63, 3.8) is 0 Å². The number of hydrogen-bond donors (Lipinski definition) is 1. The van der Waals surface area contributed by atoms with E-state index in [0.717, 1.165) is 22.2 Å². The van der Waals surface area contributed by atoms with Gasteiger partial charge >= 0.3 is 0 Å². The second-order valence-corrected chi connectivity index (χ2v) is 8.08. The maximum atomic E-state index is 15.1. The number of halogens is 1. The molecule has 0 bridgehead atoms. The molecule has 0 saturated heterocycles. The molecule has 5 nitrogen and oxygen atoms in total. The molecule has 0 amide bonds. The number of nitrogens with zero attached hydrogens (tertiary/aromatic N) is 4. The van der Waals surface area contributed by atoms with Crippen LogP contribution in [0.25, 0.3) is 50.0 Å². The van der Waals surface area contributed by atoms with Crippen LogP contribution in [0.5, 0.6) is 0 Å². The number of para-hydroxylation sites is 2. The van der Waals surface area contributed by atoms with Gasteiger partial charge in [0.05, 0.1) is 28.0 Å². The molecule has 0 unspecified atom stereocenters. The predicted octanol–water partition coefficient (Wildman–Crippen LogP) is 6.56. The van der Waals surface area contributed by atoms with Gasteiger partial charge in [0.15, 0.2) is 5.65 Å². The van der Waals surface area contributed by atoms with Crippen molar-refractivity contribution in [2.75, 3.05) is 0 Å². The third-order valence-corrected chi connectivity index (χ3v) is 6.09. The van der Waals surface area contributed by atoms with Crippen molar-refractivity contribution in [1.82, 2.24) is 19.7 Å². The zero-order chi connectivity index (χ0) is 23.2. The van der Waals surface area contributed by atoms with E-state index in [1.54, 1.807) is 22.9 Å². The molecule has 162 valence electrons. The van der Waals surface area contributed by atoms with Crippen LogP contribution >= 0.6 is 0 Å². The lowest BCUT2D eigenvalue weighted by molar-refractivity contribution is 0.631. The molecule has 1 N–H and O–H groups in total. The quantitative estimate of drug-likeness (QED) is 0.337. The molecule has 0 fully saturated rings. The zero-order valence-corrected chi connectivity index (χ0v) is 18.2. The molecule has 34 heavy (non-hydrogen) atoms. The van der Waals surface area contributed by atoms with Crippen molar-refractivity contribution in [1.29, 1.82) is 5.26 Å². The lowest BCUT2D eigenvalue weighted by Crippen LogP contribution is -2.01. The second kappa shape index (κ2) is 7.68. The zero-order valence-electron chi connectivity index (χ0n) is 18.2. The van der Waals surface area contributed by atoms with Gasteiger partial charge in [-0.2, -0.15) is 10.4 Å². The SMILES string of the molecule is Cc1nn(-c2ccccc2)c2nc(-c3c[nH]c4ccccc34)c(C#N)c(-c3ccccc3F)c12. The molecule has 6 aromatic rings. The van der Waals surface area contributed by atoms with E-state index in [2.05, 4.69) is 11.1 Å². The summed E-state index contributed by atoms with van der Waals surface area (Å²) in [4.78, 5) is 8.25. The van der Waals surface area contributed by atoms with E-state index in [1.165, 1.54) is 6.07 Å². The molecule has 3 aromatic carbocycles. The molecular weight excluding hydrogens is 425 g/mol. The first-order valence-corrected chi connectivity index (χ1v) is 10.9. The average molecular weight is 443 g/mol. The summed E-state index contributed by atoms with van der Waals surface area (Å²) in [5, 5.41) is 16.7. The van der Waals surface area contributed by atoms with Gasteiger partial charge in [-0.05, 0) is 31.2 Å². The molecule has 0 aliphatic heterocycles. The number of aromatic nitrogens is 4. The monoisotopic (exact) mass is 443 g/mol. The molecule has 0 spiro atoms. The number of nitrogens with one attached hydrogen (secondary N) is 1. The summed E-state index contributed by atoms with van der Waals surface area (Å²) in [6.07, 6.45) is 1.85. The summed E-state index contributed by atoms with van der Waals surface area (Å²) in [5.41, 5.74) is 5.46. The second-order valence-electron chi connectivity index (χ2n) is 8.08. The Hall–Kier alpha value is -4.76. The van der Waals surface area contributed by atoms with E-state index in [4.69, 9.17) is 10.1 Å². The Morgan fingerprint density at radius 2 is 1.65 bits per heavy atom. The van der Waals surface area contributed by atoms with Gasteiger partial charge in [-0.3, -0.25) is 0 Å². The fourth-order valence-electron chi connectivity index (χ4n) is 4.57. The lowest BCUT2D eigenvalue weighted by atomic mass is 9.93. The van der Waals surface area contributed by atoms with Gasteiger partial charge in [-0.25, -0.2) is 14.1 Å². The first kappa shape index (κ1) is 19.9. The highest BCUT2D eigenvalue weighted by molar-refractivity contribution is 6.04. The van der Waals surface area contributed by atoms with Gasteiger partial charge in [0, 0.05) is 33.8 Å². The number of aromatic amines is 1. The van der Waals surface area contributed by atoms with Gasteiger partial charge in [-0.1, -0.05) is 54.6 Å². The molecular formula is C28H18FN5. The van der Waals surface area contributed by atoms with Crippen LogP contribution in [-0.2, 0) is 0 Å². The summed E-state index contributed by atoms with van der Waals surface area (Å²) in [7, 11) is 0. The maximum absolute atomic E-state index is 15.1. The highest BCUT2D eigenvalue weighted by Crippen LogP contribution is 2.41. The normalized spacial score (nSPS) is 11.2. The summed E-state index contributed by atoms with van der Waals surface area (Å²) in [6.45, 7) is 1.86. The third kappa shape index (κ3) is 2.91. The van der Waals surface area contributed by atoms with E-state index < -0.39 is 5.82 Å². The third-order valence-electron chi connectivity index (χ3n) is 6.09. The number of benzene rings is 3. The fraction of sp³-hybridized carbons (Fsp3) is 0.0357. The molecule has 0 aliphatic carbocycles. The summed E-state index contributed by atoms with van der Waals surface area (Å²) in [5.74, 6) is -0.400. The Kier molecular flexibility index (Phi) is 4.49. The molecule has 3 aromatic heterocycles. The van der Waals surface area contributed by atoms with E-state index in [9.17, 15) is 5.26 Å². The van der Waals surface area contributed by atoms with Crippen molar-refractivity contribution in [2.24, 2.45) is 0 Å². The van der Waals surface area contributed by atoms with Gasteiger partial charge in [0.25, 0.3) is 0 Å². The van der Waals surface area contributed by atoms with E-state index in [-0.39, 0.29) is 0 Å². The molecule has 0 saturated carbocycles. The van der Waals surface area contributed by atoms with Crippen LogP contribution < -0.4 is 0 Å². The van der Waals surface area contributed by atoms with Gasteiger partial charge in [0.1, 0.15) is 11.9 Å². The van der Waals surface area contributed by atoms with E-state index >= 15 is 4.39 Å². The number of nitriles is 1. The lowest BCUT2D eigenvalue weighted by Gasteiger charge is -2.13. The number of H-pyrrole nitrogens is 1. The van der Waals surface area contributed by atoms with Gasteiger partial charge < -0.3 is 4.98 Å².